The highest BCUT2D eigenvalue weighted by atomic mass is 35.5. The van der Waals surface area contributed by atoms with Crippen molar-refractivity contribution in [1.29, 1.82) is 0 Å². The Labute approximate surface area is 113 Å². The molecule has 1 aromatic rings. The third kappa shape index (κ3) is 3.09. The van der Waals surface area contributed by atoms with E-state index < -0.39 is 0 Å². The lowest BCUT2D eigenvalue weighted by Gasteiger charge is -2.16. The van der Waals surface area contributed by atoms with Gasteiger partial charge in [-0.3, -0.25) is 0 Å². The van der Waals surface area contributed by atoms with Gasteiger partial charge in [0.05, 0.1) is 18.7 Å². The summed E-state index contributed by atoms with van der Waals surface area (Å²) in [5.41, 5.74) is 1.15. The van der Waals surface area contributed by atoms with E-state index in [4.69, 9.17) is 21.1 Å². The minimum atomic E-state index is 0.536. The molecule has 0 aromatic heterocycles. The average molecular weight is 270 g/mol. The Balaban J connectivity index is 2.22. The van der Waals surface area contributed by atoms with Gasteiger partial charge in [-0.2, -0.15) is 0 Å². The molecule has 1 aliphatic rings. The maximum absolute atomic E-state index is 6.19. The molecule has 3 nitrogen and oxygen atoms in total. The Bertz CT molecular complexity index is 403. The summed E-state index contributed by atoms with van der Waals surface area (Å²) >= 11 is 6.19. The van der Waals surface area contributed by atoms with Crippen LogP contribution in [0, 0.1) is 0 Å². The summed E-state index contributed by atoms with van der Waals surface area (Å²) in [5.74, 6) is 1.55. The van der Waals surface area contributed by atoms with E-state index in [0.29, 0.717) is 23.4 Å². The van der Waals surface area contributed by atoms with Crippen LogP contribution < -0.4 is 14.8 Å². The number of ether oxygens (including phenoxy) is 2. The van der Waals surface area contributed by atoms with E-state index in [1.165, 1.54) is 12.8 Å². The predicted octanol–water partition coefficient (Wildman–Crippen LogP) is 3.04. The maximum Gasteiger partial charge on any atom is 0.141 e. The molecule has 0 spiro atoms. The highest BCUT2D eigenvalue weighted by Crippen LogP contribution is 2.33. The summed E-state index contributed by atoms with van der Waals surface area (Å²) in [6, 6.07) is 4.38. The first-order valence-corrected chi connectivity index (χ1v) is 6.85. The topological polar surface area (TPSA) is 30.5 Å². The Morgan fingerprint density at radius 1 is 1.39 bits per heavy atom. The first-order valence-electron chi connectivity index (χ1n) is 6.47. The second-order valence-electron chi connectivity index (χ2n) is 4.52. The molecule has 1 N–H and O–H groups in total. The van der Waals surface area contributed by atoms with Gasteiger partial charge in [0.15, 0.2) is 0 Å². The molecule has 100 valence electrons. The third-order valence-electron chi connectivity index (χ3n) is 3.26. The van der Waals surface area contributed by atoms with Crippen molar-refractivity contribution >= 4 is 11.6 Å². The van der Waals surface area contributed by atoms with Crippen molar-refractivity contribution in [3.8, 4) is 11.5 Å². The Kier molecular flexibility index (Phi) is 4.72. The van der Waals surface area contributed by atoms with Gasteiger partial charge in [-0.25, -0.2) is 0 Å². The van der Waals surface area contributed by atoms with Crippen LogP contribution in [-0.2, 0) is 6.42 Å². The minimum Gasteiger partial charge on any atom is -0.495 e. The summed E-state index contributed by atoms with van der Waals surface area (Å²) in [5, 5.41) is 4.14. The van der Waals surface area contributed by atoms with Crippen LogP contribution in [0.25, 0.3) is 0 Å². The van der Waals surface area contributed by atoms with Gasteiger partial charge in [-0.1, -0.05) is 11.6 Å². The molecule has 1 fully saturated rings. The molecule has 18 heavy (non-hydrogen) atoms. The Morgan fingerprint density at radius 3 is 2.83 bits per heavy atom. The fourth-order valence-corrected chi connectivity index (χ4v) is 2.64. The Hall–Kier alpha value is -0.930. The van der Waals surface area contributed by atoms with E-state index in [9.17, 15) is 0 Å². The minimum absolute atomic E-state index is 0.536. The first kappa shape index (κ1) is 13.5. The van der Waals surface area contributed by atoms with Crippen LogP contribution in [0.2, 0.25) is 5.02 Å². The standard InChI is InChI=1S/C14H20ClNO2/c1-3-18-13-9-14(17-2)12(15)8-10(13)7-11-5-4-6-16-11/h8-9,11,16H,3-7H2,1-2H3. The molecule has 0 aliphatic carbocycles. The van der Waals surface area contributed by atoms with Crippen molar-refractivity contribution < 1.29 is 9.47 Å². The number of rotatable bonds is 5. The summed E-state index contributed by atoms with van der Waals surface area (Å²) in [7, 11) is 1.62. The molecule has 0 radical (unpaired) electrons. The third-order valence-corrected chi connectivity index (χ3v) is 3.56. The fraction of sp³-hybridized carbons (Fsp3) is 0.571. The number of nitrogens with one attached hydrogen (secondary N) is 1. The SMILES string of the molecule is CCOc1cc(OC)c(Cl)cc1CC1CCCN1. The smallest absolute Gasteiger partial charge is 0.141 e. The van der Waals surface area contributed by atoms with Gasteiger partial charge in [-0.05, 0) is 44.4 Å². The molecule has 1 unspecified atom stereocenters. The highest BCUT2D eigenvalue weighted by Gasteiger charge is 2.18. The molecule has 0 saturated carbocycles. The Morgan fingerprint density at radius 2 is 2.22 bits per heavy atom. The second kappa shape index (κ2) is 6.30. The monoisotopic (exact) mass is 269 g/mol. The average Bonchev–Trinajstić information content (AvgIpc) is 2.85. The van der Waals surface area contributed by atoms with Gasteiger partial charge in [0.1, 0.15) is 11.5 Å². The van der Waals surface area contributed by atoms with Crippen molar-refractivity contribution in [2.24, 2.45) is 0 Å². The second-order valence-corrected chi connectivity index (χ2v) is 4.93. The van der Waals surface area contributed by atoms with Crippen molar-refractivity contribution in [1.82, 2.24) is 5.32 Å². The fourth-order valence-electron chi connectivity index (χ4n) is 2.38. The van der Waals surface area contributed by atoms with Crippen LogP contribution in [0.5, 0.6) is 11.5 Å². The molecule has 1 heterocycles. The molecule has 0 bridgehead atoms. The number of halogens is 1. The number of hydrogen-bond donors (Lipinski definition) is 1. The molecular weight excluding hydrogens is 250 g/mol. The van der Waals surface area contributed by atoms with E-state index in [-0.39, 0.29) is 0 Å². The molecule has 1 aliphatic heterocycles. The molecule has 1 aromatic carbocycles. The van der Waals surface area contributed by atoms with Crippen LogP contribution in [0.15, 0.2) is 12.1 Å². The van der Waals surface area contributed by atoms with Crippen LogP contribution in [0.4, 0.5) is 0 Å². The highest BCUT2D eigenvalue weighted by molar-refractivity contribution is 6.32. The van der Waals surface area contributed by atoms with Crippen molar-refractivity contribution in [3.05, 3.63) is 22.7 Å². The van der Waals surface area contributed by atoms with Crippen molar-refractivity contribution in [2.75, 3.05) is 20.3 Å². The molecule has 2 rings (SSSR count). The summed E-state index contributed by atoms with van der Waals surface area (Å²) in [4.78, 5) is 0. The predicted molar refractivity (Wildman–Crippen MR) is 73.9 cm³/mol. The normalized spacial score (nSPS) is 18.9. The van der Waals surface area contributed by atoms with Crippen LogP contribution in [0.3, 0.4) is 0 Å². The van der Waals surface area contributed by atoms with E-state index >= 15 is 0 Å². The van der Waals surface area contributed by atoms with E-state index in [0.717, 1.165) is 24.3 Å². The number of hydrogen-bond acceptors (Lipinski definition) is 3. The summed E-state index contributed by atoms with van der Waals surface area (Å²) < 4.78 is 10.9. The van der Waals surface area contributed by atoms with Crippen molar-refractivity contribution in [2.45, 2.75) is 32.2 Å². The molecule has 1 atom stereocenters. The molecule has 4 heteroatoms. The quantitative estimate of drug-likeness (QED) is 0.891. The van der Waals surface area contributed by atoms with E-state index in [2.05, 4.69) is 5.32 Å². The van der Waals surface area contributed by atoms with Gasteiger partial charge in [0, 0.05) is 12.1 Å². The van der Waals surface area contributed by atoms with Gasteiger partial charge >= 0.3 is 0 Å². The summed E-state index contributed by atoms with van der Waals surface area (Å²) in [6.45, 7) is 3.74. The van der Waals surface area contributed by atoms with Gasteiger partial charge in [0.25, 0.3) is 0 Å². The first-order chi connectivity index (χ1) is 8.74. The van der Waals surface area contributed by atoms with Gasteiger partial charge in [0.2, 0.25) is 0 Å². The zero-order valence-electron chi connectivity index (χ0n) is 11.0. The number of benzene rings is 1. The van der Waals surface area contributed by atoms with E-state index in [1.807, 2.05) is 19.1 Å². The lowest BCUT2D eigenvalue weighted by atomic mass is 10.0. The molecule has 1 saturated heterocycles. The molecular formula is C14H20ClNO2. The zero-order valence-corrected chi connectivity index (χ0v) is 11.7. The number of methoxy groups -OCH3 is 1. The largest absolute Gasteiger partial charge is 0.495 e. The van der Waals surface area contributed by atoms with Crippen molar-refractivity contribution in [3.63, 3.8) is 0 Å². The lowest BCUT2D eigenvalue weighted by molar-refractivity contribution is 0.331. The zero-order chi connectivity index (χ0) is 13.0. The maximum atomic E-state index is 6.19. The van der Waals surface area contributed by atoms with Gasteiger partial charge < -0.3 is 14.8 Å². The summed E-state index contributed by atoms with van der Waals surface area (Å²) in [6.07, 6.45) is 3.42. The molecule has 0 amide bonds. The van der Waals surface area contributed by atoms with Crippen LogP contribution >= 0.6 is 11.6 Å². The van der Waals surface area contributed by atoms with Crippen LogP contribution in [-0.4, -0.2) is 26.3 Å². The lowest BCUT2D eigenvalue weighted by Crippen LogP contribution is -2.23. The van der Waals surface area contributed by atoms with Gasteiger partial charge in [-0.15, -0.1) is 0 Å². The van der Waals surface area contributed by atoms with E-state index in [1.54, 1.807) is 7.11 Å². The van der Waals surface area contributed by atoms with Crippen LogP contribution in [0.1, 0.15) is 25.3 Å².